The summed E-state index contributed by atoms with van der Waals surface area (Å²) >= 11 is 1.62. The van der Waals surface area contributed by atoms with Crippen molar-refractivity contribution in [3.8, 4) is 0 Å². The van der Waals surface area contributed by atoms with Crippen molar-refractivity contribution >= 4 is 29.2 Å². The minimum absolute atomic E-state index is 0.0146. The van der Waals surface area contributed by atoms with Crippen LogP contribution in [0.3, 0.4) is 0 Å². The second-order valence-corrected chi connectivity index (χ2v) is 8.06. The van der Waals surface area contributed by atoms with Crippen LogP contribution >= 0.6 is 11.3 Å². The number of carbonyl (C=O) groups is 2. The van der Waals surface area contributed by atoms with Gasteiger partial charge in [0.15, 0.2) is 0 Å². The molecule has 0 unspecified atom stereocenters. The number of morpholine rings is 1. The molecule has 3 aliphatic rings. The second-order valence-electron chi connectivity index (χ2n) is 7.08. The van der Waals surface area contributed by atoms with Gasteiger partial charge < -0.3 is 19.3 Å². The summed E-state index contributed by atoms with van der Waals surface area (Å²) in [6, 6.07) is 3.97. The number of amides is 2. The van der Waals surface area contributed by atoms with E-state index in [4.69, 9.17) is 9.47 Å². The zero-order valence-electron chi connectivity index (χ0n) is 14.7. The molecular formula is C19H24N2O4S. The highest BCUT2D eigenvalue weighted by Gasteiger charge is 2.43. The number of ether oxygens (including phenoxy) is 2. The predicted octanol–water partition coefficient (Wildman–Crippen LogP) is 1.63. The van der Waals surface area contributed by atoms with E-state index < -0.39 is 0 Å². The normalized spacial score (nSPS) is 28.7. The molecule has 140 valence electrons. The molecule has 7 heteroatoms. The number of carbonyl (C=O) groups excluding carboxylic acids is 2. The van der Waals surface area contributed by atoms with Gasteiger partial charge in [-0.2, -0.15) is 0 Å². The maximum Gasteiger partial charge on any atom is 0.246 e. The summed E-state index contributed by atoms with van der Waals surface area (Å²) in [5, 5.41) is 2.00. The smallest absolute Gasteiger partial charge is 0.246 e. The van der Waals surface area contributed by atoms with Crippen molar-refractivity contribution in [2.75, 3.05) is 39.4 Å². The van der Waals surface area contributed by atoms with Gasteiger partial charge in [-0.15, -0.1) is 11.3 Å². The van der Waals surface area contributed by atoms with Crippen LogP contribution in [0.5, 0.6) is 0 Å². The van der Waals surface area contributed by atoms with Gasteiger partial charge in [-0.3, -0.25) is 9.59 Å². The fraction of sp³-hybridized carbons (Fsp3) is 0.579. The number of thiophene rings is 1. The van der Waals surface area contributed by atoms with Crippen LogP contribution in [0, 0.1) is 5.92 Å². The van der Waals surface area contributed by atoms with Crippen molar-refractivity contribution in [2.45, 2.75) is 25.0 Å². The molecule has 0 saturated carbocycles. The lowest BCUT2D eigenvalue weighted by atomic mass is 10.0. The first-order valence-corrected chi connectivity index (χ1v) is 10.1. The molecule has 3 atom stereocenters. The van der Waals surface area contributed by atoms with E-state index in [-0.39, 0.29) is 24.0 Å². The number of fused-ring (bicyclic) bond motifs is 1. The molecule has 1 aromatic rings. The summed E-state index contributed by atoms with van der Waals surface area (Å²) in [5.74, 6) is 0.541. The van der Waals surface area contributed by atoms with Crippen LogP contribution in [0.15, 0.2) is 23.6 Å². The number of nitrogens with zero attached hydrogens (tertiary/aromatic N) is 2. The lowest BCUT2D eigenvalue weighted by molar-refractivity contribution is -0.138. The Hall–Kier alpha value is -1.70. The Morgan fingerprint density at radius 2 is 2.08 bits per heavy atom. The largest absolute Gasteiger partial charge is 0.378 e. The van der Waals surface area contributed by atoms with Crippen LogP contribution in [0.25, 0.3) is 6.08 Å². The minimum Gasteiger partial charge on any atom is -0.378 e. The lowest BCUT2D eigenvalue weighted by Crippen LogP contribution is -2.42. The Morgan fingerprint density at radius 3 is 2.81 bits per heavy atom. The van der Waals surface area contributed by atoms with E-state index in [1.54, 1.807) is 17.4 Å². The summed E-state index contributed by atoms with van der Waals surface area (Å²) in [5.41, 5.74) is 0. The molecular weight excluding hydrogens is 352 g/mol. The molecule has 0 N–H and O–H groups in total. The molecule has 0 radical (unpaired) electrons. The number of rotatable bonds is 4. The van der Waals surface area contributed by atoms with Crippen molar-refractivity contribution in [3.63, 3.8) is 0 Å². The van der Waals surface area contributed by atoms with Gasteiger partial charge in [-0.25, -0.2) is 0 Å². The van der Waals surface area contributed by atoms with E-state index in [0.717, 1.165) is 17.8 Å². The van der Waals surface area contributed by atoms with E-state index in [1.165, 1.54) is 0 Å². The number of hydrogen-bond donors (Lipinski definition) is 0. The zero-order valence-corrected chi connectivity index (χ0v) is 15.5. The summed E-state index contributed by atoms with van der Waals surface area (Å²) in [4.78, 5) is 29.5. The summed E-state index contributed by atoms with van der Waals surface area (Å²) in [6.07, 6.45) is 4.87. The third-order valence-corrected chi connectivity index (χ3v) is 6.16. The molecule has 4 heterocycles. The molecule has 26 heavy (non-hydrogen) atoms. The molecule has 0 aromatic carbocycles. The summed E-state index contributed by atoms with van der Waals surface area (Å²) in [7, 11) is 0. The molecule has 3 aliphatic heterocycles. The van der Waals surface area contributed by atoms with Crippen LogP contribution in [0.1, 0.15) is 17.7 Å². The average Bonchev–Trinajstić information content (AvgIpc) is 3.36. The van der Waals surface area contributed by atoms with Gasteiger partial charge in [0, 0.05) is 43.1 Å². The summed E-state index contributed by atoms with van der Waals surface area (Å²) in [6.45, 7) is 3.95. The molecule has 6 nitrogen and oxygen atoms in total. The molecule has 0 spiro atoms. The van der Waals surface area contributed by atoms with Gasteiger partial charge in [0.05, 0.1) is 31.8 Å². The molecule has 0 aliphatic carbocycles. The van der Waals surface area contributed by atoms with Gasteiger partial charge in [-0.05, 0) is 23.9 Å². The Morgan fingerprint density at radius 1 is 1.23 bits per heavy atom. The predicted molar refractivity (Wildman–Crippen MR) is 98.7 cm³/mol. The monoisotopic (exact) mass is 376 g/mol. The van der Waals surface area contributed by atoms with E-state index >= 15 is 0 Å². The Labute approximate surface area is 157 Å². The number of hydrogen-bond acceptors (Lipinski definition) is 5. The highest BCUT2D eigenvalue weighted by Crippen LogP contribution is 2.34. The lowest BCUT2D eigenvalue weighted by Gasteiger charge is -2.28. The first kappa shape index (κ1) is 17.7. The van der Waals surface area contributed by atoms with E-state index in [2.05, 4.69) is 0 Å². The zero-order chi connectivity index (χ0) is 17.9. The van der Waals surface area contributed by atoms with E-state index in [0.29, 0.717) is 45.2 Å². The number of likely N-dealkylation sites (tertiary alicyclic amines) is 1. The third kappa shape index (κ3) is 4.00. The molecule has 3 saturated heterocycles. The highest BCUT2D eigenvalue weighted by molar-refractivity contribution is 7.10. The Kier molecular flexibility index (Phi) is 5.38. The first-order valence-electron chi connectivity index (χ1n) is 9.20. The van der Waals surface area contributed by atoms with E-state index in [9.17, 15) is 9.59 Å². The fourth-order valence-corrected chi connectivity index (χ4v) is 4.57. The molecule has 2 amide bonds. The van der Waals surface area contributed by atoms with Gasteiger partial charge in [-0.1, -0.05) is 6.07 Å². The van der Waals surface area contributed by atoms with E-state index in [1.807, 2.05) is 33.4 Å². The van der Waals surface area contributed by atoms with Crippen molar-refractivity contribution in [3.05, 3.63) is 28.5 Å². The highest BCUT2D eigenvalue weighted by atomic mass is 32.1. The van der Waals surface area contributed by atoms with Crippen LogP contribution in [-0.2, 0) is 19.1 Å². The van der Waals surface area contributed by atoms with Crippen LogP contribution < -0.4 is 0 Å². The van der Waals surface area contributed by atoms with Crippen molar-refractivity contribution in [1.82, 2.24) is 9.80 Å². The molecule has 4 rings (SSSR count). The summed E-state index contributed by atoms with van der Waals surface area (Å²) < 4.78 is 11.4. The van der Waals surface area contributed by atoms with Crippen LogP contribution in [0.4, 0.5) is 0 Å². The average molecular weight is 376 g/mol. The molecule has 0 bridgehead atoms. The van der Waals surface area contributed by atoms with Gasteiger partial charge in [0.2, 0.25) is 11.8 Å². The first-order chi connectivity index (χ1) is 12.7. The van der Waals surface area contributed by atoms with Gasteiger partial charge in [0.1, 0.15) is 0 Å². The SMILES string of the molecule is O=C(/C=C/c1cccs1)N1C[C@@H]2C[C@H](CC(=O)N3CCOCC3)O[C@@H]2C1. The van der Waals surface area contributed by atoms with Crippen LogP contribution in [0.2, 0.25) is 0 Å². The van der Waals surface area contributed by atoms with Gasteiger partial charge >= 0.3 is 0 Å². The maximum absolute atomic E-state index is 12.4. The topological polar surface area (TPSA) is 59.1 Å². The Balaban J connectivity index is 1.24. The minimum atomic E-state index is -0.0146. The van der Waals surface area contributed by atoms with Crippen molar-refractivity contribution in [1.29, 1.82) is 0 Å². The Bertz CT molecular complexity index is 655. The van der Waals surface area contributed by atoms with Crippen LogP contribution in [-0.4, -0.2) is 73.2 Å². The standard InChI is InChI=1S/C19H24N2O4S/c22-18(4-3-16-2-1-9-26-16)21-12-14-10-15(25-17(14)13-21)11-19(23)20-5-7-24-8-6-20/h1-4,9,14-15,17H,5-8,10-13H2/b4-3+/t14-,15+,17+/m0/s1. The third-order valence-electron chi connectivity index (χ3n) is 5.33. The quantitative estimate of drug-likeness (QED) is 0.750. The van der Waals surface area contributed by atoms with Crippen molar-refractivity contribution < 1.29 is 19.1 Å². The molecule has 1 aromatic heterocycles. The van der Waals surface area contributed by atoms with Gasteiger partial charge in [0.25, 0.3) is 0 Å². The fourth-order valence-electron chi connectivity index (χ4n) is 3.96. The van der Waals surface area contributed by atoms with Crippen molar-refractivity contribution in [2.24, 2.45) is 5.92 Å². The molecule has 3 fully saturated rings. The second kappa shape index (κ2) is 7.90. The maximum atomic E-state index is 12.4.